The number of nitrogens with one attached hydrogen (secondary N) is 1. The topological polar surface area (TPSA) is 76.9 Å². The smallest absolute Gasteiger partial charge is 0.230 e. The number of carbonyl (C=O) groups is 2. The first kappa shape index (κ1) is 19.7. The fraction of sp³-hybridized carbons (Fsp3) is 0.130. The maximum absolute atomic E-state index is 12.5. The summed E-state index contributed by atoms with van der Waals surface area (Å²) in [5.41, 5.74) is 4.12. The summed E-state index contributed by atoms with van der Waals surface area (Å²) < 4.78 is 1.68. The average molecular weight is 417 g/mol. The Kier molecular flexibility index (Phi) is 5.54. The zero-order valence-corrected chi connectivity index (χ0v) is 17.4. The van der Waals surface area contributed by atoms with E-state index in [0.29, 0.717) is 17.1 Å². The van der Waals surface area contributed by atoms with Crippen LogP contribution in [0.3, 0.4) is 0 Å². The molecule has 0 radical (unpaired) electrons. The summed E-state index contributed by atoms with van der Waals surface area (Å²) >= 11 is 1.53. The van der Waals surface area contributed by atoms with E-state index >= 15 is 0 Å². The summed E-state index contributed by atoms with van der Waals surface area (Å²) in [6, 6.07) is 15.0. The van der Waals surface area contributed by atoms with Crippen LogP contribution < -0.4 is 5.32 Å². The fourth-order valence-electron chi connectivity index (χ4n) is 3.01. The van der Waals surface area contributed by atoms with Crippen molar-refractivity contribution in [1.29, 1.82) is 0 Å². The quantitative estimate of drug-likeness (QED) is 0.477. The first-order valence-electron chi connectivity index (χ1n) is 9.43. The largest absolute Gasteiger partial charge is 0.331 e. The molecule has 2 aromatic heterocycles. The third-order valence-electron chi connectivity index (χ3n) is 4.65. The molecule has 4 rings (SSSR count). The second-order valence-corrected chi connectivity index (χ2v) is 7.86. The highest BCUT2D eigenvalue weighted by atomic mass is 32.1. The molecule has 0 saturated heterocycles. The van der Waals surface area contributed by atoms with E-state index in [4.69, 9.17) is 0 Å². The standard InChI is InChI=1S/C23H20N4O2S/c1-15-3-5-17(6-4-15)23-26-19(14-30-23)13-20(28)25-18-9-7-16(8-10-18)21(29)22-24-11-12-27(22)2/h3-12,14H,13H2,1-2H3,(H,25,28). The third kappa shape index (κ3) is 4.36. The van der Waals surface area contributed by atoms with Gasteiger partial charge in [-0.3, -0.25) is 9.59 Å². The third-order valence-corrected chi connectivity index (χ3v) is 5.59. The van der Waals surface area contributed by atoms with Crippen molar-refractivity contribution < 1.29 is 9.59 Å². The van der Waals surface area contributed by atoms with Crippen LogP contribution in [0.25, 0.3) is 10.6 Å². The van der Waals surface area contributed by atoms with Gasteiger partial charge in [-0.25, -0.2) is 9.97 Å². The highest BCUT2D eigenvalue weighted by molar-refractivity contribution is 7.13. The summed E-state index contributed by atoms with van der Waals surface area (Å²) in [5, 5.41) is 5.66. The Morgan fingerprint density at radius 1 is 1.07 bits per heavy atom. The van der Waals surface area contributed by atoms with Crippen LogP contribution in [-0.2, 0) is 18.3 Å². The molecule has 7 heteroatoms. The molecule has 1 N–H and O–H groups in total. The lowest BCUT2D eigenvalue weighted by Crippen LogP contribution is -2.15. The molecule has 150 valence electrons. The molecule has 0 saturated carbocycles. The Morgan fingerprint density at radius 3 is 2.47 bits per heavy atom. The molecule has 30 heavy (non-hydrogen) atoms. The molecular weight excluding hydrogens is 396 g/mol. The number of amides is 1. The maximum Gasteiger partial charge on any atom is 0.230 e. The molecular formula is C23H20N4O2S. The van der Waals surface area contributed by atoms with Crippen LogP contribution in [-0.4, -0.2) is 26.2 Å². The Hall–Kier alpha value is -3.58. The number of thiazole rings is 1. The number of hydrogen-bond donors (Lipinski definition) is 1. The minimum Gasteiger partial charge on any atom is -0.331 e. The van der Waals surface area contributed by atoms with E-state index in [1.54, 1.807) is 48.3 Å². The van der Waals surface area contributed by atoms with Gasteiger partial charge in [0.1, 0.15) is 5.01 Å². The second-order valence-electron chi connectivity index (χ2n) is 7.00. The van der Waals surface area contributed by atoms with Crippen molar-refractivity contribution in [1.82, 2.24) is 14.5 Å². The Balaban J connectivity index is 1.38. The lowest BCUT2D eigenvalue weighted by atomic mass is 10.1. The van der Waals surface area contributed by atoms with Crippen LogP contribution in [0.4, 0.5) is 5.69 Å². The van der Waals surface area contributed by atoms with E-state index in [-0.39, 0.29) is 18.1 Å². The van der Waals surface area contributed by atoms with E-state index in [2.05, 4.69) is 15.3 Å². The molecule has 6 nitrogen and oxygen atoms in total. The number of anilines is 1. The number of carbonyl (C=O) groups excluding carboxylic acids is 2. The van der Waals surface area contributed by atoms with Gasteiger partial charge in [0.15, 0.2) is 5.82 Å². The summed E-state index contributed by atoms with van der Waals surface area (Å²) in [6.45, 7) is 2.04. The molecule has 2 aromatic carbocycles. The highest BCUT2D eigenvalue weighted by Gasteiger charge is 2.14. The van der Waals surface area contributed by atoms with Crippen LogP contribution in [0.2, 0.25) is 0 Å². The Morgan fingerprint density at radius 2 is 1.80 bits per heavy atom. The first-order valence-corrected chi connectivity index (χ1v) is 10.3. The minimum atomic E-state index is -0.161. The number of nitrogens with zero attached hydrogens (tertiary/aromatic N) is 3. The van der Waals surface area contributed by atoms with Gasteiger partial charge in [-0.2, -0.15) is 0 Å². The lowest BCUT2D eigenvalue weighted by Gasteiger charge is -2.06. The summed E-state index contributed by atoms with van der Waals surface area (Å²) in [4.78, 5) is 33.5. The van der Waals surface area contributed by atoms with Crippen LogP contribution in [0.1, 0.15) is 27.4 Å². The summed E-state index contributed by atoms with van der Waals surface area (Å²) in [7, 11) is 1.78. The maximum atomic E-state index is 12.5. The molecule has 0 fully saturated rings. The summed E-state index contributed by atoms with van der Waals surface area (Å²) in [6.07, 6.45) is 3.51. The average Bonchev–Trinajstić information content (AvgIpc) is 3.37. The second kappa shape index (κ2) is 8.42. The first-order chi connectivity index (χ1) is 14.5. The van der Waals surface area contributed by atoms with E-state index in [1.807, 2.05) is 36.6 Å². The van der Waals surface area contributed by atoms with Crippen LogP contribution in [0.5, 0.6) is 0 Å². The predicted octanol–water partition coefficient (Wildman–Crippen LogP) is 4.26. The monoisotopic (exact) mass is 416 g/mol. The fourth-order valence-corrected chi connectivity index (χ4v) is 3.83. The Bertz CT molecular complexity index is 1190. The molecule has 0 atom stereocenters. The van der Waals surface area contributed by atoms with Gasteiger partial charge in [-0.15, -0.1) is 11.3 Å². The van der Waals surface area contributed by atoms with Gasteiger partial charge in [0.2, 0.25) is 11.7 Å². The van der Waals surface area contributed by atoms with Crippen LogP contribution in [0.15, 0.2) is 66.3 Å². The Labute approximate surface area is 178 Å². The number of hydrogen-bond acceptors (Lipinski definition) is 5. The predicted molar refractivity (Wildman–Crippen MR) is 118 cm³/mol. The molecule has 0 aliphatic heterocycles. The number of aryl methyl sites for hydroxylation is 2. The molecule has 1 amide bonds. The van der Waals surface area contributed by atoms with Crippen molar-refractivity contribution in [2.75, 3.05) is 5.32 Å². The molecule has 0 aliphatic rings. The van der Waals surface area contributed by atoms with Crippen molar-refractivity contribution in [3.05, 3.63) is 88.9 Å². The molecule has 4 aromatic rings. The molecule has 0 aliphatic carbocycles. The van der Waals surface area contributed by atoms with Gasteiger partial charge in [0.25, 0.3) is 0 Å². The lowest BCUT2D eigenvalue weighted by molar-refractivity contribution is -0.115. The highest BCUT2D eigenvalue weighted by Crippen LogP contribution is 2.24. The number of imidazole rings is 1. The van der Waals surface area contributed by atoms with Crippen LogP contribution in [0, 0.1) is 6.92 Å². The van der Waals surface area contributed by atoms with Crippen molar-refractivity contribution in [2.45, 2.75) is 13.3 Å². The SMILES string of the molecule is Cc1ccc(-c2nc(CC(=O)Nc3ccc(C(=O)c4nccn4C)cc3)cs2)cc1. The number of benzene rings is 2. The van der Waals surface area contributed by atoms with Crippen molar-refractivity contribution in [3.8, 4) is 10.6 Å². The van der Waals surface area contributed by atoms with Gasteiger partial charge >= 0.3 is 0 Å². The van der Waals surface area contributed by atoms with Gasteiger partial charge in [0, 0.05) is 41.6 Å². The zero-order chi connectivity index (χ0) is 21.1. The van der Waals surface area contributed by atoms with E-state index in [0.717, 1.165) is 16.3 Å². The summed E-state index contributed by atoms with van der Waals surface area (Å²) in [5.74, 6) is 0.0603. The van der Waals surface area contributed by atoms with Crippen molar-refractivity contribution in [3.63, 3.8) is 0 Å². The van der Waals surface area contributed by atoms with Gasteiger partial charge in [0.05, 0.1) is 12.1 Å². The molecule has 0 unspecified atom stereocenters. The van der Waals surface area contributed by atoms with Crippen LogP contribution >= 0.6 is 11.3 Å². The van der Waals surface area contributed by atoms with Crippen molar-refractivity contribution >= 4 is 28.7 Å². The molecule has 0 bridgehead atoms. The minimum absolute atomic E-state index is 0.154. The van der Waals surface area contributed by atoms with E-state index < -0.39 is 0 Å². The zero-order valence-electron chi connectivity index (χ0n) is 16.6. The van der Waals surface area contributed by atoms with Gasteiger partial charge in [-0.1, -0.05) is 29.8 Å². The van der Waals surface area contributed by atoms with Gasteiger partial charge in [-0.05, 0) is 31.2 Å². The normalized spacial score (nSPS) is 10.7. The molecule has 2 heterocycles. The number of aromatic nitrogens is 3. The number of rotatable bonds is 6. The van der Waals surface area contributed by atoms with Gasteiger partial charge < -0.3 is 9.88 Å². The van der Waals surface area contributed by atoms with E-state index in [1.165, 1.54) is 16.9 Å². The van der Waals surface area contributed by atoms with E-state index in [9.17, 15) is 9.59 Å². The molecule has 0 spiro atoms. The van der Waals surface area contributed by atoms with Crippen molar-refractivity contribution in [2.24, 2.45) is 7.05 Å². The number of ketones is 1.